The number of sulfonamides is 1. The van der Waals surface area contributed by atoms with E-state index in [-0.39, 0.29) is 17.9 Å². The van der Waals surface area contributed by atoms with Gasteiger partial charge in [-0.25, -0.2) is 8.42 Å². The first-order chi connectivity index (χ1) is 16.3. The molecule has 2 aliphatic heterocycles. The Hall–Kier alpha value is -2.94. The molecule has 3 aromatic rings. The smallest absolute Gasteiger partial charge is 0.322 e. The molecular weight excluding hydrogens is 468 g/mol. The molecular formula is C26H26N2O4S2. The molecule has 2 aromatic carbocycles. The molecule has 2 aliphatic rings. The van der Waals surface area contributed by atoms with Crippen LogP contribution < -0.4 is 4.90 Å². The highest BCUT2D eigenvalue weighted by atomic mass is 32.2. The number of carbonyl (C=O) groups is 1. The fraction of sp³-hybridized carbons (Fsp3) is 0.269. The number of hydrogen-bond donors (Lipinski definition) is 1. The summed E-state index contributed by atoms with van der Waals surface area (Å²) in [5.74, 6) is -1.11. The molecule has 1 atom stereocenters. The molecule has 1 aromatic heterocycles. The van der Waals surface area contributed by atoms with E-state index in [2.05, 4.69) is 54.4 Å². The van der Waals surface area contributed by atoms with Gasteiger partial charge in [-0.15, -0.1) is 11.3 Å². The lowest BCUT2D eigenvalue weighted by Gasteiger charge is -2.21. The van der Waals surface area contributed by atoms with Crippen molar-refractivity contribution < 1.29 is 18.3 Å². The minimum Gasteiger partial charge on any atom is -0.480 e. The van der Waals surface area contributed by atoms with E-state index < -0.39 is 22.0 Å². The molecule has 0 amide bonds. The molecule has 3 heterocycles. The number of nitrogens with zero attached hydrogens (tertiary/aromatic N) is 2. The molecule has 0 aliphatic carbocycles. The van der Waals surface area contributed by atoms with Crippen LogP contribution >= 0.6 is 11.3 Å². The fourth-order valence-corrected chi connectivity index (χ4v) is 8.00. The van der Waals surface area contributed by atoms with Crippen LogP contribution in [0, 0.1) is 0 Å². The Labute approximate surface area is 203 Å². The van der Waals surface area contributed by atoms with Crippen LogP contribution in [0.1, 0.15) is 34.2 Å². The van der Waals surface area contributed by atoms with Crippen molar-refractivity contribution in [1.82, 2.24) is 4.31 Å². The van der Waals surface area contributed by atoms with E-state index in [4.69, 9.17) is 0 Å². The first-order valence-electron chi connectivity index (χ1n) is 11.3. The first kappa shape index (κ1) is 22.8. The molecule has 0 saturated carbocycles. The SMILES string of the molecule is CCC(C(=O)O)N1Cc2sc(C=Cc3ccc(-c4ccc5c(c4)CCN5C)cc3)cc2S1(=O)=O. The van der Waals surface area contributed by atoms with Crippen molar-refractivity contribution in [2.45, 2.75) is 37.2 Å². The lowest BCUT2D eigenvalue weighted by Crippen LogP contribution is -2.40. The number of benzene rings is 2. The molecule has 1 N–H and O–H groups in total. The molecule has 34 heavy (non-hydrogen) atoms. The van der Waals surface area contributed by atoms with Gasteiger partial charge in [0.1, 0.15) is 6.04 Å². The van der Waals surface area contributed by atoms with Crippen molar-refractivity contribution in [3.63, 3.8) is 0 Å². The molecule has 1 unspecified atom stereocenters. The lowest BCUT2D eigenvalue weighted by molar-refractivity contribution is -0.141. The summed E-state index contributed by atoms with van der Waals surface area (Å²) < 4.78 is 26.9. The van der Waals surface area contributed by atoms with Gasteiger partial charge in [0.25, 0.3) is 0 Å². The van der Waals surface area contributed by atoms with Gasteiger partial charge in [-0.3, -0.25) is 4.79 Å². The molecule has 5 rings (SSSR count). The second-order valence-electron chi connectivity index (χ2n) is 8.72. The van der Waals surface area contributed by atoms with Crippen molar-refractivity contribution in [2.75, 3.05) is 18.5 Å². The maximum atomic E-state index is 12.9. The van der Waals surface area contributed by atoms with E-state index in [1.807, 2.05) is 12.2 Å². The average molecular weight is 495 g/mol. The van der Waals surface area contributed by atoms with Crippen molar-refractivity contribution in [2.24, 2.45) is 0 Å². The molecule has 176 valence electrons. The summed E-state index contributed by atoms with van der Waals surface area (Å²) in [6, 6.07) is 15.6. The van der Waals surface area contributed by atoms with Crippen LogP contribution in [0.15, 0.2) is 53.4 Å². The number of carboxylic acids is 1. The van der Waals surface area contributed by atoms with Gasteiger partial charge >= 0.3 is 5.97 Å². The number of hydrogen-bond acceptors (Lipinski definition) is 5. The van der Waals surface area contributed by atoms with Crippen molar-refractivity contribution in [1.29, 1.82) is 0 Å². The zero-order chi connectivity index (χ0) is 24.0. The normalized spacial score (nSPS) is 17.8. The Balaban J connectivity index is 1.32. The molecule has 0 saturated heterocycles. The Kier molecular flexibility index (Phi) is 5.83. The predicted octanol–water partition coefficient (Wildman–Crippen LogP) is 4.95. The third kappa shape index (κ3) is 3.96. The first-order valence-corrected chi connectivity index (χ1v) is 13.5. The standard InChI is InChI=1S/C26H26N2O4S2/c1-3-22(26(29)30)28-16-24-25(34(28,31)32)15-21(33-24)10-6-17-4-7-18(8-5-17)19-9-11-23-20(14-19)12-13-27(23)2/h4-11,14-15,22H,3,12-13,16H2,1-2H3,(H,29,30). The number of likely N-dealkylation sites (N-methyl/N-ethyl adjacent to an activating group) is 1. The van der Waals surface area contributed by atoms with E-state index in [1.165, 1.54) is 33.7 Å². The van der Waals surface area contributed by atoms with Gasteiger partial charge in [-0.05, 0) is 59.4 Å². The molecule has 8 heteroatoms. The third-order valence-electron chi connectivity index (χ3n) is 6.59. The highest BCUT2D eigenvalue weighted by Gasteiger charge is 2.42. The van der Waals surface area contributed by atoms with Crippen molar-refractivity contribution in [3.05, 3.63) is 69.4 Å². The van der Waals surface area contributed by atoms with Gasteiger partial charge in [0.15, 0.2) is 0 Å². The summed E-state index contributed by atoms with van der Waals surface area (Å²) in [6.45, 7) is 2.86. The Morgan fingerprint density at radius 3 is 2.53 bits per heavy atom. The highest BCUT2D eigenvalue weighted by Crippen LogP contribution is 2.39. The van der Waals surface area contributed by atoms with Crippen molar-refractivity contribution >= 4 is 45.2 Å². The van der Waals surface area contributed by atoms with Crippen LogP contribution in [-0.2, 0) is 27.8 Å². The Bertz CT molecular complexity index is 1390. The highest BCUT2D eigenvalue weighted by molar-refractivity contribution is 7.89. The minimum absolute atomic E-state index is 0.117. The zero-order valence-corrected chi connectivity index (χ0v) is 20.7. The number of thiophene rings is 1. The van der Waals surface area contributed by atoms with E-state index in [9.17, 15) is 18.3 Å². The lowest BCUT2D eigenvalue weighted by atomic mass is 10.0. The summed E-state index contributed by atoms with van der Waals surface area (Å²) in [6.07, 6.45) is 5.19. The third-order valence-corrected chi connectivity index (χ3v) is 9.72. The summed E-state index contributed by atoms with van der Waals surface area (Å²) in [5, 5.41) is 9.38. The van der Waals surface area contributed by atoms with Gasteiger partial charge in [0, 0.05) is 29.0 Å². The maximum absolute atomic E-state index is 12.9. The summed E-state index contributed by atoms with van der Waals surface area (Å²) in [7, 11) is -1.66. The largest absolute Gasteiger partial charge is 0.480 e. The number of carboxylic acid groups (broad SMARTS) is 1. The quantitative estimate of drug-likeness (QED) is 0.525. The molecule has 0 spiro atoms. The van der Waals surface area contributed by atoms with Crippen LogP contribution in [0.4, 0.5) is 5.69 Å². The zero-order valence-electron chi connectivity index (χ0n) is 19.1. The number of rotatable bonds is 6. The molecule has 0 radical (unpaired) electrons. The Morgan fingerprint density at radius 2 is 1.85 bits per heavy atom. The van der Waals surface area contributed by atoms with Crippen LogP contribution in [-0.4, -0.2) is 43.4 Å². The molecule has 0 bridgehead atoms. The summed E-state index contributed by atoms with van der Waals surface area (Å²) >= 11 is 1.39. The van der Waals surface area contributed by atoms with Crippen LogP contribution in [0.5, 0.6) is 0 Å². The number of aliphatic carboxylic acids is 1. The van der Waals surface area contributed by atoms with Crippen LogP contribution in [0.3, 0.4) is 0 Å². The van der Waals surface area contributed by atoms with E-state index >= 15 is 0 Å². The van der Waals surface area contributed by atoms with Crippen LogP contribution in [0.25, 0.3) is 23.3 Å². The van der Waals surface area contributed by atoms with E-state index in [0.29, 0.717) is 4.88 Å². The second-order valence-corrected chi connectivity index (χ2v) is 11.7. The number of fused-ring (bicyclic) bond motifs is 2. The molecule has 0 fully saturated rings. The van der Waals surface area contributed by atoms with Crippen LogP contribution in [0.2, 0.25) is 0 Å². The van der Waals surface area contributed by atoms with Crippen molar-refractivity contribution in [3.8, 4) is 11.1 Å². The van der Waals surface area contributed by atoms with E-state index in [0.717, 1.165) is 27.7 Å². The summed E-state index contributed by atoms with van der Waals surface area (Å²) in [4.78, 5) is 15.5. The fourth-order valence-electron chi connectivity index (χ4n) is 4.69. The van der Waals surface area contributed by atoms with Gasteiger partial charge in [-0.1, -0.05) is 43.3 Å². The second kappa shape index (κ2) is 8.69. The van der Waals surface area contributed by atoms with Gasteiger partial charge in [-0.2, -0.15) is 4.31 Å². The predicted molar refractivity (Wildman–Crippen MR) is 137 cm³/mol. The monoisotopic (exact) mass is 494 g/mol. The van der Waals surface area contributed by atoms with Gasteiger partial charge in [0.05, 0.1) is 11.4 Å². The van der Waals surface area contributed by atoms with E-state index in [1.54, 1.807) is 13.0 Å². The average Bonchev–Trinajstić information content (AvgIpc) is 3.47. The topological polar surface area (TPSA) is 77.9 Å². The maximum Gasteiger partial charge on any atom is 0.322 e. The number of anilines is 1. The minimum atomic E-state index is -3.78. The van der Waals surface area contributed by atoms with Gasteiger partial charge < -0.3 is 10.0 Å². The molecule has 6 nitrogen and oxygen atoms in total. The Morgan fingerprint density at radius 1 is 1.12 bits per heavy atom. The van der Waals surface area contributed by atoms with Gasteiger partial charge in [0.2, 0.25) is 10.0 Å². The summed E-state index contributed by atoms with van der Waals surface area (Å²) in [5.41, 5.74) is 6.10.